The van der Waals surface area contributed by atoms with E-state index in [2.05, 4.69) is 5.32 Å². The van der Waals surface area contributed by atoms with Crippen LogP contribution in [0.5, 0.6) is 0 Å². The number of anilines is 1. The second kappa shape index (κ2) is 7.56. The van der Waals surface area contributed by atoms with Gasteiger partial charge in [-0.2, -0.15) is 0 Å². The van der Waals surface area contributed by atoms with Crippen LogP contribution in [0.1, 0.15) is 23.0 Å². The van der Waals surface area contributed by atoms with Gasteiger partial charge in [0.1, 0.15) is 27.7 Å². The first-order valence-electron chi connectivity index (χ1n) is 10.1. The number of aromatic nitrogens is 1. The van der Waals surface area contributed by atoms with Gasteiger partial charge in [-0.3, -0.25) is 14.5 Å². The molecule has 1 atom stereocenters. The van der Waals surface area contributed by atoms with E-state index in [4.69, 9.17) is 0 Å². The molecule has 32 heavy (non-hydrogen) atoms. The van der Waals surface area contributed by atoms with Gasteiger partial charge in [0.05, 0.1) is 6.54 Å². The zero-order chi connectivity index (χ0) is 22.5. The molecule has 5 nitrogen and oxygen atoms in total. The number of hydrogen-bond donors (Lipinski definition) is 1. The predicted molar refractivity (Wildman–Crippen MR) is 120 cm³/mol. The number of rotatable bonds is 4. The lowest BCUT2D eigenvalue weighted by atomic mass is 9.93. The van der Waals surface area contributed by atoms with Crippen molar-refractivity contribution in [2.24, 2.45) is 0 Å². The molecule has 0 aliphatic carbocycles. The number of amides is 2. The van der Waals surface area contributed by atoms with Crippen molar-refractivity contribution in [1.29, 1.82) is 0 Å². The van der Waals surface area contributed by atoms with Crippen LogP contribution in [-0.2, 0) is 17.9 Å². The van der Waals surface area contributed by atoms with Crippen molar-refractivity contribution in [3.8, 4) is 0 Å². The maximum absolute atomic E-state index is 14.0. The highest BCUT2D eigenvalue weighted by atomic mass is 32.1. The monoisotopic (exact) mass is 451 g/mol. The van der Waals surface area contributed by atoms with Crippen molar-refractivity contribution in [3.05, 3.63) is 88.9 Å². The van der Waals surface area contributed by atoms with Gasteiger partial charge < -0.3 is 9.88 Å². The van der Waals surface area contributed by atoms with E-state index in [9.17, 15) is 18.4 Å². The minimum atomic E-state index is -1.31. The Balaban J connectivity index is 1.56. The molecular weight excluding hydrogens is 432 g/mol. The molecule has 2 aromatic carbocycles. The van der Waals surface area contributed by atoms with Gasteiger partial charge in [-0.05, 0) is 60.3 Å². The molecule has 8 heteroatoms. The Labute approximate surface area is 186 Å². The maximum atomic E-state index is 14.0. The van der Waals surface area contributed by atoms with Gasteiger partial charge in [-0.25, -0.2) is 8.78 Å². The number of thiophene rings is 1. The van der Waals surface area contributed by atoms with E-state index >= 15 is 0 Å². The fourth-order valence-electron chi connectivity index (χ4n) is 4.19. The van der Waals surface area contributed by atoms with Crippen LogP contribution in [0.25, 0.3) is 10.2 Å². The average molecular weight is 451 g/mol. The molecule has 3 heterocycles. The lowest BCUT2D eigenvalue weighted by Crippen LogP contribution is -2.64. The molecule has 1 aliphatic rings. The molecule has 4 aromatic rings. The molecule has 162 valence electrons. The Kier molecular flexibility index (Phi) is 4.82. The molecule has 0 bridgehead atoms. The first-order valence-corrected chi connectivity index (χ1v) is 10.9. The number of hydrogen-bond acceptors (Lipinski definition) is 3. The van der Waals surface area contributed by atoms with Crippen molar-refractivity contribution in [2.75, 3.05) is 4.90 Å². The minimum Gasteiger partial charge on any atom is -0.350 e. The molecule has 0 radical (unpaired) electrons. The van der Waals surface area contributed by atoms with Crippen LogP contribution in [0.4, 0.5) is 14.5 Å². The molecule has 2 aromatic heterocycles. The first kappa shape index (κ1) is 20.4. The molecule has 1 aliphatic heterocycles. The summed E-state index contributed by atoms with van der Waals surface area (Å²) in [6.45, 7) is 2.06. The molecule has 1 N–H and O–H groups in total. The number of nitrogens with zero attached hydrogens (tertiary/aromatic N) is 2. The third kappa shape index (κ3) is 3.27. The van der Waals surface area contributed by atoms with Gasteiger partial charge >= 0.3 is 0 Å². The lowest BCUT2D eigenvalue weighted by molar-refractivity contribution is -0.126. The molecule has 0 unspecified atom stereocenters. The summed E-state index contributed by atoms with van der Waals surface area (Å²) in [5.41, 5.74) is 0.184. The van der Waals surface area contributed by atoms with Gasteiger partial charge in [-0.1, -0.05) is 18.2 Å². The summed E-state index contributed by atoms with van der Waals surface area (Å²) in [6.07, 6.45) is 0. The van der Waals surface area contributed by atoms with E-state index in [-0.39, 0.29) is 30.7 Å². The molecule has 0 spiro atoms. The number of benzene rings is 2. The summed E-state index contributed by atoms with van der Waals surface area (Å²) in [6, 6.07) is 15.2. The normalized spacial score (nSPS) is 18.1. The number of nitrogens with one attached hydrogen (secondary N) is 1. The molecule has 5 rings (SSSR count). The Morgan fingerprint density at radius 3 is 2.62 bits per heavy atom. The second-order valence-electron chi connectivity index (χ2n) is 8.00. The number of halogens is 2. The van der Waals surface area contributed by atoms with Crippen LogP contribution >= 0.6 is 11.3 Å². The Morgan fingerprint density at radius 1 is 1.09 bits per heavy atom. The average Bonchev–Trinajstić information content (AvgIpc) is 3.36. The highest BCUT2D eigenvalue weighted by Crippen LogP contribution is 2.37. The van der Waals surface area contributed by atoms with Crippen molar-refractivity contribution in [2.45, 2.75) is 25.6 Å². The summed E-state index contributed by atoms with van der Waals surface area (Å²) in [7, 11) is 0. The second-order valence-corrected chi connectivity index (χ2v) is 8.89. The molecule has 2 amide bonds. The fraction of sp³-hybridized carbons (Fsp3) is 0.167. The van der Waals surface area contributed by atoms with E-state index < -0.39 is 11.4 Å². The van der Waals surface area contributed by atoms with Gasteiger partial charge in [0.25, 0.3) is 5.91 Å². The van der Waals surface area contributed by atoms with Gasteiger partial charge in [0.2, 0.25) is 5.91 Å². The van der Waals surface area contributed by atoms with E-state index in [1.807, 2.05) is 16.0 Å². The standard InChI is InChI=1S/C24H19F2N3O2S/c1-24(23(31)27-13-15-5-7-17(25)8-6-15)14-28-20(11-16-9-10-32-22(16)28)21(30)29(24)19-4-2-3-18(26)12-19/h2-12H,13-14H2,1H3,(H,27,31)/t24-/m0/s1. The Bertz CT molecular complexity index is 1350. The number of carbonyl (C=O) groups excluding carboxylic acids is 2. The summed E-state index contributed by atoms with van der Waals surface area (Å²) in [5, 5.41) is 5.73. The smallest absolute Gasteiger partial charge is 0.275 e. The fourth-order valence-corrected chi connectivity index (χ4v) is 5.09. The Morgan fingerprint density at radius 2 is 1.88 bits per heavy atom. The van der Waals surface area contributed by atoms with Crippen LogP contribution < -0.4 is 10.2 Å². The highest BCUT2D eigenvalue weighted by Gasteiger charge is 2.48. The maximum Gasteiger partial charge on any atom is 0.275 e. The van der Waals surface area contributed by atoms with Gasteiger partial charge in [0.15, 0.2) is 0 Å². The van der Waals surface area contributed by atoms with Crippen LogP contribution in [-0.4, -0.2) is 21.9 Å². The minimum absolute atomic E-state index is 0.173. The Hall–Kier alpha value is -3.52. The summed E-state index contributed by atoms with van der Waals surface area (Å²) in [5.74, 6) is -1.61. The largest absolute Gasteiger partial charge is 0.350 e. The van der Waals surface area contributed by atoms with E-state index in [1.54, 1.807) is 31.2 Å². The van der Waals surface area contributed by atoms with Crippen LogP contribution in [0.2, 0.25) is 0 Å². The van der Waals surface area contributed by atoms with Crippen LogP contribution in [0.3, 0.4) is 0 Å². The molecule has 0 saturated heterocycles. The number of fused-ring (bicyclic) bond motifs is 3. The van der Waals surface area contributed by atoms with Crippen molar-refractivity contribution in [1.82, 2.24) is 9.88 Å². The quantitative estimate of drug-likeness (QED) is 0.488. The third-order valence-electron chi connectivity index (χ3n) is 5.81. The molecular formula is C24H19F2N3O2S. The summed E-state index contributed by atoms with van der Waals surface area (Å²) in [4.78, 5) is 29.4. The van der Waals surface area contributed by atoms with Crippen molar-refractivity contribution < 1.29 is 18.4 Å². The van der Waals surface area contributed by atoms with E-state index in [1.165, 1.54) is 46.6 Å². The zero-order valence-corrected chi connectivity index (χ0v) is 18.0. The zero-order valence-electron chi connectivity index (χ0n) is 17.1. The number of carbonyl (C=O) groups is 2. The lowest BCUT2D eigenvalue weighted by Gasteiger charge is -2.43. The third-order valence-corrected chi connectivity index (χ3v) is 6.76. The highest BCUT2D eigenvalue weighted by molar-refractivity contribution is 7.16. The van der Waals surface area contributed by atoms with Crippen molar-refractivity contribution >= 4 is 39.1 Å². The molecule has 0 fully saturated rings. The van der Waals surface area contributed by atoms with Gasteiger partial charge in [0, 0.05) is 17.6 Å². The summed E-state index contributed by atoms with van der Waals surface area (Å²) < 4.78 is 29.1. The van der Waals surface area contributed by atoms with Crippen LogP contribution in [0, 0.1) is 11.6 Å². The molecule has 0 saturated carbocycles. The van der Waals surface area contributed by atoms with Gasteiger partial charge in [-0.15, -0.1) is 11.3 Å². The van der Waals surface area contributed by atoms with E-state index in [0.717, 1.165) is 15.8 Å². The first-order chi connectivity index (χ1) is 15.4. The predicted octanol–water partition coefficient (Wildman–Crippen LogP) is 4.72. The topological polar surface area (TPSA) is 54.3 Å². The summed E-state index contributed by atoms with van der Waals surface area (Å²) >= 11 is 1.50. The van der Waals surface area contributed by atoms with Crippen LogP contribution in [0.15, 0.2) is 66.0 Å². The van der Waals surface area contributed by atoms with Crippen molar-refractivity contribution in [3.63, 3.8) is 0 Å². The van der Waals surface area contributed by atoms with E-state index in [0.29, 0.717) is 11.4 Å². The SMILES string of the molecule is C[C@@]1(C(=O)NCc2ccc(F)cc2)Cn2c(cc3ccsc32)C(=O)N1c1cccc(F)c1.